The number of hydrogen-bond donors (Lipinski definition) is 1. The molecule has 1 aromatic heterocycles. The molecule has 0 spiro atoms. The summed E-state index contributed by atoms with van der Waals surface area (Å²) in [6, 6.07) is 6.92. The van der Waals surface area contributed by atoms with E-state index in [0.29, 0.717) is 0 Å². The van der Waals surface area contributed by atoms with Crippen LogP contribution in [0.15, 0.2) is 24.4 Å². The highest BCUT2D eigenvalue weighted by Crippen LogP contribution is 2.20. The summed E-state index contributed by atoms with van der Waals surface area (Å²) in [7, 11) is 0. The molecule has 2 saturated heterocycles. The van der Waals surface area contributed by atoms with Crippen LogP contribution < -0.4 is 5.32 Å². The smallest absolute Gasteiger partial charge is 0.0541 e. The molecule has 3 heterocycles. The summed E-state index contributed by atoms with van der Waals surface area (Å²) in [6.07, 6.45) is 6.09. The largest absolute Gasteiger partial charge is 0.310 e. The number of fused-ring (bicyclic) bond motifs is 1. The Kier molecular flexibility index (Phi) is 5.01. The molecule has 1 N–H and O–H groups in total. The van der Waals surface area contributed by atoms with Gasteiger partial charge < -0.3 is 5.32 Å². The van der Waals surface area contributed by atoms with Crippen LogP contribution in [-0.4, -0.2) is 60.1 Å². The van der Waals surface area contributed by atoms with Gasteiger partial charge in [-0.3, -0.25) is 14.8 Å². The van der Waals surface area contributed by atoms with Gasteiger partial charge >= 0.3 is 0 Å². The van der Waals surface area contributed by atoms with Crippen molar-refractivity contribution in [2.24, 2.45) is 0 Å². The predicted molar refractivity (Wildman–Crippen MR) is 81.6 cm³/mol. The molecular formula is C16H26N4. The van der Waals surface area contributed by atoms with Crippen LogP contribution in [0.5, 0.6) is 0 Å². The normalized spacial score (nSPS) is 24.5. The van der Waals surface area contributed by atoms with Crippen molar-refractivity contribution in [3.63, 3.8) is 0 Å². The summed E-state index contributed by atoms with van der Waals surface area (Å²) in [5, 5.41) is 3.50. The molecule has 110 valence electrons. The summed E-state index contributed by atoms with van der Waals surface area (Å²) in [4.78, 5) is 9.65. The second kappa shape index (κ2) is 7.16. The van der Waals surface area contributed by atoms with E-state index in [0.717, 1.165) is 31.4 Å². The Balaban J connectivity index is 1.35. The van der Waals surface area contributed by atoms with Gasteiger partial charge in [0.25, 0.3) is 0 Å². The first-order valence-corrected chi connectivity index (χ1v) is 7.99. The van der Waals surface area contributed by atoms with Crippen LogP contribution in [0.4, 0.5) is 0 Å². The Labute approximate surface area is 122 Å². The van der Waals surface area contributed by atoms with E-state index < -0.39 is 0 Å². The van der Waals surface area contributed by atoms with Crippen LogP contribution in [0.2, 0.25) is 0 Å². The topological polar surface area (TPSA) is 31.4 Å². The quantitative estimate of drug-likeness (QED) is 0.821. The molecule has 0 radical (unpaired) electrons. The highest BCUT2D eigenvalue weighted by molar-refractivity contribution is 5.02. The fraction of sp³-hybridized carbons (Fsp3) is 0.688. The van der Waals surface area contributed by atoms with Crippen LogP contribution >= 0.6 is 0 Å². The minimum absolute atomic E-state index is 0.827. The number of piperazine rings is 1. The molecule has 2 aliphatic heterocycles. The Morgan fingerprint density at radius 1 is 1.20 bits per heavy atom. The van der Waals surface area contributed by atoms with Gasteiger partial charge in [-0.25, -0.2) is 0 Å². The van der Waals surface area contributed by atoms with Crippen molar-refractivity contribution in [2.75, 3.05) is 39.3 Å². The third kappa shape index (κ3) is 3.78. The van der Waals surface area contributed by atoms with Crippen molar-refractivity contribution in [3.05, 3.63) is 30.1 Å². The second-order valence-corrected chi connectivity index (χ2v) is 5.98. The van der Waals surface area contributed by atoms with Gasteiger partial charge in [-0.05, 0) is 31.5 Å². The SMILES string of the molecule is c1ccc(CNCCN2CCN3CCCCC3C2)nc1. The summed E-state index contributed by atoms with van der Waals surface area (Å²) >= 11 is 0. The minimum atomic E-state index is 0.827. The van der Waals surface area contributed by atoms with Crippen molar-refractivity contribution in [3.8, 4) is 0 Å². The van der Waals surface area contributed by atoms with E-state index >= 15 is 0 Å². The molecule has 1 unspecified atom stereocenters. The zero-order chi connectivity index (χ0) is 13.6. The first-order chi connectivity index (χ1) is 9.92. The van der Waals surface area contributed by atoms with Gasteiger partial charge in [-0.2, -0.15) is 0 Å². The maximum Gasteiger partial charge on any atom is 0.0541 e. The minimum Gasteiger partial charge on any atom is -0.310 e. The van der Waals surface area contributed by atoms with Gasteiger partial charge in [-0.15, -0.1) is 0 Å². The number of hydrogen-bond acceptors (Lipinski definition) is 4. The molecule has 4 nitrogen and oxygen atoms in total. The molecule has 20 heavy (non-hydrogen) atoms. The maximum atomic E-state index is 4.33. The van der Waals surface area contributed by atoms with Crippen LogP contribution in [-0.2, 0) is 6.54 Å². The monoisotopic (exact) mass is 274 g/mol. The van der Waals surface area contributed by atoms with Crippen molar-refractivity contribution in [2.45, 2.75) is 31.8 Å². The van der Waals surface area contributed by atoms with Gasteiger partial charge in [0, 0.05) is 51.5 Å². The van der Waals surface area contributed by atoms with E-state index in [-0.39, 0.29) is 0 Å². The summed E-state index contributed by atoms with van der Waals surface area (Å²) in [5.41, 5.74) is 1.13. The molecule has 4 heteroatoms. The van der Waals surface area contributed by atoms with Gasteiger partial charge in [-0.1, -0.05) is 12.5 Å². The number of aromatic nitrogens is 1. The number of pyridine rings is 1. The third-order valence-corrected chi connectivity index (χ3v) is 4.56. The van der Waals surface area contributed by atoms with Crippen LogP contribution in [0.3, 0.4) is 0 Å². The first-order valence-electron chi connectivity index (χ1n) is 7.99. The lowest BCUT2D eigenvalue weighted by Gasteiger charge is -2.44. The van der Waals surface area contributed by atoms with E-state index in [9.17, 15) is 0 Å². The van der Waals surface area contributed by atoms with E-state index in [1.54, 1.807) is 0 Å². The fourth-order valence-corrected chi connectivity index (χ4v) is 3.38. The van der Waals surface area contributed by atoms with Gasteiger partial charge in [0.15, 0.2) is 0 Å². The third-order valence-electron chi connectivity index (χ3n) is 4.56. The summed E-state index contributed by atoms with van der Waals surface area (Å²) < 4.78 is 0. The maximum absolute atomic E-state index is 4.33. The molecule has 3 rings (SSSR count). The van der Waals surface area contributed by atoms with Crippen LogP contribution in [0.25, 0.3) is 0 Å². The van der Waals surface area contributed by atoms with Crippen LogP contribution in [0, 0.1) is 0 Å². The molecule has 1 aromatic rings. The molecule has 2 aliphatic rings. The molecule has 0 aliphatic carbocycles. The number of nitrogens with zero attached hydrogens (tertiary/aromatic N) is 3. The Hall–Kier alpha value is -0.970. The number of nitrogens with one attached hydrogen (secondary N) is 1. The Morgan fingerprint density at radius 3 is 3.10 bits per heavy atom. The van der Waals surface area contributed by atoms with Gasteiger partial charge in [0.1, 0.15) is 0 Å². The standard InChI is InChI=1S/C16H26N4/c1-3-7-18-15(5-1)13-17-8-10-19-11-12-20-9-4-2-6-16(20)14-19/h1,3,5,7,16-17H,2,4,6,8-14H2. The first kappa shape index (κ1) is 14.0. The number of rotatable bonds is 5. The lowest BCUT2D eigenvalue weighted by molar-refractivity contribution is 0.0499. The molecule has 0 saturated carbocycles. The summed E-state index contributed by atoms with van der Waals surface area (Å²) in [5.74, 6) is 0. The molecule has 0 aromatic carbocycles. The zero-order valence-electron chi connectivity index (χ0n) is 12.3. The Morgan fingerprint density at radius 2 is 2.20 bits per heavy atom. The van der Waals surface area contributed by atoms with E-state index in [4.69, 9.17) is 0 Å². The lowest BCUT2D eigenvalue weighted by atomic mass is 9.99. The fourth-order valence-electron chi connectivity index (χ4n) is 3.38. The molecular weight excluding hydrogens is 248 g/mol. The molecule has 0 amide bonds. The predicted octanol–water partition coefficient (Wildman–Crippen LogP) is 1.34. The van der Waals surface area contributed by atoms with Gasteiger partial charge in [0.05, 0.1) is 5.69 Å². The molecule has 0 bridgehead atoms. The highest BCUT2D eigenvalue weighted by atomic mass is 15.3. The van der Waals surface area contributed by atoms with E-state index in [2.05, 4.69) is 26.2 Å². The van der Waals surface area contributed by atoms with E-state index in [1.807, 2.05) is 18.3 Å². The van der Waals surface area contributed by atoms with Crippen LogP contribution in [0.1, 0.15) is 25.0 Å². The van der Waals surface area contributed by atoms with Gasteiger partial charge in [0.2, 0.25) is 0 Å². The zero-order valence-corrected chi connectivity index (χ0v) is 12.3. The number of piperidine rings is 1. The van der Waals surface area contributed by atoms with Crippen molar-refractivity contribution in [1.82, 2.24) is 20.1 Å². The summed E-state index contributed by atoms with van der Waals surface area (Å²) in [6.45, 7) is 8.21. The lowest BCUT2D eigenvalue weighted by Crippen LogP contribution is -2.55. The van der Waals surface area contributed by atoms with Crippen molar-refractivity contribution < 1.29 is 0 Å². The Bertz CT molecular complexity index is 395. The average Bonchev–Trinajstić information content (AvgIpc) is 2.52. The highest BCUT2D eigenvalue weighted by Gasteiger charge is 2.28. The van der Waals surface area contributed by atoms with E-state index in [1.165, 1.54) is 45.4 Å². The average molecular weight is 274 g/mol. The van der Waals surface area contributed by atoms with Crippen molar-refractivity contribution >= 4 is 0 Å². The van der Waals surface area contributed by atoms with Crippen molar-refractivity contribution in [1.29, 1.82) is 0 Å². The molecule has 2 fully saturated rings. The molecule has 1 atom stereocenters. The second-order valence-electron chi connectivity index (χ2n) is 5.98.